The fraction of sp³-hybridized carbons (Fsp3) is 0. The maximum absolute atomic E-state index is 6.23. The molecule has 5 heteroatoms. The van der Waals surface area contributed by atoms with Crippen molar-refractivity contribution < 1.29 is 4.42 Å². The van der Waals surface area contributed by atoms with Gasteiger partial charge in [-0.15, -0.1) is 0 Å². The Morgan fingerprint density at radius 1 is 0.358 bits per heavy atom. The van der Waals surface area contributed by atoms with Crippen LogP contribution in [0.15, 0.2) is 175 Å². The van der Waals surface area contributed by atoms with E-state index in [9.17, 15) is 0 Å². The first-order valence-corrected chi connectivity index (χ1v) is 17.7. The lowest BCUT2D eigenvalue weighted by atomic mass is 9.94. The van der Waals surface area contributed by atoms with Crippen molar-refractivity contribution in [1.82, 2.24) is 19.9 Å². The van der Waals surface area contributed by atoms with Crippen LogP contribution in [-0.2, 0) is 0 Å². The SMILES string of the molecule is c1ccc(-c2nc(-c3ccc4c(-c5cccc6oc7ccccc7c56)cccc4c3)nc(-c3ccc4c(ccc5c6cnccc6ccc45)c3)n2)cc1. The normalized spacial score (nSPS) is 11.8. The van der Waals surface area contributed by atoms with Crippen molar-refractivity contribution in [3.8, 4) is 45.3 Å². The smallest absolute Gasteiger partial charge is 0.164 e. The fourth-order valence-electron chi connectivity index (χ4n) is 7.86. The minimum Gasteiger partial charge on any atom is -0.456 e. The van der Waals surface area contributed by atoms with Crippen molar-refractivity contribution in [2.45, 2.75) is 0 Å². The minimum absolute atomic E-state index is 0.627. The van der Waals surface area contributed by atoms with Crippen molar-refractivity contribution in [3.05, 3.63) is 170 Å². The molecule has 5 nitrogen and oxygen atoms in total. The first-order valence-electron chi connectivity index (χ1n) is 17.7. The lowest BCUT2D eigenvalue weighted by molar-refractivity contribution is 0.669. The van der Waals surface area contributed by atoms with Gasteiger partial charge in [0.2, 0.25) is 0 Å². The van der Waals surface area contributed by atoms with Crippen LogP contribution in [-0.4, -0.2) is 19.9 Å². The first-order chi connectivity index (χ1) is 26.2. The number of pyridine rings is 1. The van der Waals surface area contributed by atoms with E-state index < -0.39 is 0 Å². The van der Waals surface area contributed by atoms with Gasteiger partial charge < -0.3 is 4.42 Å². The van der Waals surface area contributed by atoms with E-state index >= 15 is 0 Å². The summed E-state index contributed by atoms with van der Waals surface area (Å²) in [6, 6.07) is 54.9. The van der Waals surface area contributed by atoms with Gasteiger partial charge in [-0.25, -0.2) is 15.0 Å². The highest BCUT2D eigenvalue weighted by Gasteiger charge is 2.17. The Morgan fingerprint density at radius 3 is 1.81 bits per heavy atom. The summed E-state index contributed by atoms with van der Waals surface area (Å²) in [6.45, 7) is 0. The summed E-state index contributed by atoms with van der Waals surface area (Å²) in [7, 11) is 0. The highest BCUT2D eigenvalue weighted by Crippen LogP contribution is 2.40. The van der Waals surface area contributed by atoms with Crippen LogP contribution in [0, 0.1) is 0 Å². The number of furan rings is 1. The van der Waals surface area contributed by atoms with Crippen molar-refractivity contribution >= 4 is 65.0 Å². The Kier molecular flexibility index (Phi) is 6.48. The van der Waals surface area contributed by atoms with Crippen LogP contribution in [0.1, 0.15) is 0 Å². The van der Waals surface area contributed by atoms with E-state index in [4.69, 9.17) is 19.4 Å². The lowest BCUT2D eigenvalue weighted by Crippen LogP contribution is -2.00. The maximum atomic E-state index is 6.23. The first kappa shape index (κ1) is 29.5. The molecule has 0 spiro atoms. The van der Waals surface area contributed by atoms with Crippen LogP contribution in [0.2, 0.25) is 0 Å². The van der Waals surface area contributed by atoms with Gasteiger partial charge in [-0.3, -0.25) is 4.98 Å². The van der Waals surface area contributed by atoms with Crippen LogP contribution in [0.4, 0.5) is 0 Å². The molecular weight excluding hydrogens is 649 g/mol. The van der Waals surface area contributed by atoms with E-state index in [1.165, 1.54) is 21.5 Å². The molecular formula is C48H28N4O. The number of para-hydroxylation sites is 1. The van der Waals surface area contributed by atoms with Crippen LogP contribution in [0.25, 0.3) is 110 Å². The van der Waals surface area contributed by atoms with E-state index in [1.54, 1.807) is 0 Å². The largest absolute Gasteiger partial charge is 0.456 e. The summed E-state index contributed by atoms with van der Waals surface area (Å²) in [5.41, 5.74) is 6.87. The maximum Gasteiger partial charge on any atom is 0.164 e. The number of fused-ring (bicyclic) bond motifs is 9. The standard InChI is InChI=1S/C48H28N4O/c1-2-8-30(9-3-1)46-50-47(52-48(51-46)34-19-21-36-32(27-34)17-23-39-38(36)22-16-29-24-25-49-28-42(29)39)33-18-20-35-31(26-33)10-6-12-37(35)40-13-7-15-44-45(40)41-11-4-5-14-43(41)53-44/h1-28H. The van der Waals surface area contributed by atoms with Gasteiger partial charge in [-0.2, -0.15) is 0 Å². The molecule has 0 N–H and O–H groups in total. The van der Waals surface area contributed by atoms with Crippen molar-refractivity contribution in [1.29, 1.82) is 0 Å². The molecule has 11 aromatic rings. The molecule has 0 aliphatic heterocycles. The van der Waals surface area contributed by atoms with E-state index in [1.807, 2.05) is 60.9 Å². The summed E-state index contributed by atoms with van der Waals surface area (Å²) >= 11 is 0. The van der Waals surface area contributed by atoms with Crippen molar-refractivity contribution in [2.24, 2.45) is 0 Å². The van der Waals surface area contributed by atoms with Gasteiger partial charge in [-0.05, 0) is 79.2 Å². The molecule has 0 saturated heterocycles. The summed E-state index contributed by atoms with van der Waals surface area (Å²) < 4.78 is 6.23. The highest BCUT2D eigenvalue weighted by atomic mass is 16.3. The third-order valence-electron chi connectivity index (χ3n) is 10.4. The Balaban J connectivity index is 1.06. The van der Waals surface area contributed by atoms with Gasteiger partial charge in [0.25, 0.3) is 0 Å². The van der Waals surface area contributed by atoms with Gasteiger partial charge >= 0.3 is 0 Å². The van der Waals surface area contributed by atoms with Gasteiger partial charge in [0.15, 0.2) is 17.5 Å². The molecule has 53 heavy (non-hydrogen) atoms. The second-order valence-electron chi connectivity index (χ2n) is 13.4. The number of aromatic nitrogens is 4. The van der Waals surface area contributed by atoms with Crippen molar-refractivity contribution in [2.75, 3.05) is 0 Å². The molecule has 3 aromatic heterocycles. The molecule has 0 saturated carbocycles. The summed E-state index contributed by atoms with van der Waals surface area (Å²) in [6.07, 6.45) is 3.79. The zero-order valence-corrected chi connectivity index (χ0v) is 28.4. The molecule has 246 valence electrons. The Morgan fingerprint density at radius 2 is 0.981 bits per heavy atom. The fourth-order valence-corrected chi connectivity index (χ4v) is 7.86. The number of hydrogen-bond acceptors (Lipinski definition) is 5. The molecule has 0 atom stereocenters. The number of hydrogen-bond donors (Lipinski definition) is 0. The van der Waals surface area contributed by atoms with Crippen LogP contribution < -0.4 is 0 Å². The van der Waals surface area contributed by atoms with Gasteiger partial charge in [0.1, 0.15) is 11.2 Å². The number of rotatable bonds is 4. The Bertz CT molecular complexity index is 3240. The van der Waals surface area contributed by atoms with Crippen molar-refractivity contribution in [3.63, 3.8) is 0 Å². The van der Waals surface area contributed by atoms with Crippen LogP contribution in [0.5, 0.6) is 0 Å². The molecule has 0 unspecified atom stereocenters. The van der Waals surface area contributed by atoms with Gasteiger partial charge in [-0.1, -0.05) is 127 Å². The monoisotopic (exact) mass is 676 g/mol. The van der Waals surface area contributed by atoms with E-state index in [0.717, 1.165) is 71.3 Å². The van der Waals surface area contributed by atoms with Crippen LogP contribution in [0.3, 0.4) is 0 Å². The molecule has 0 radical (unpaired) electrons. The Labute approximate surface area is 303 Å². The molecule has 0 bridgehead atoms. The Hall–Kier alpha value is -7.24. The number of benzene rings is 8. The van der Waals surface area contributed by atoms with E-state index in [2.05, 4.69) is 114 Å². The van der Waals surface area contributed by atoms with Gasteiger partial charge in [0.05, 0.1) is 0 Å². The topological polar surface area (TPSA) is 64.7 Å². The number of nitrogens with zero attached hydrogens (tertiary/aromatic N) is 4. The zero-order valence-electron chi connectivity index (χ0n) is 28.4. The van der Waals surface area contributed by atoms with Crippen LogP contribution >= 0.6 is 0 Å². The quantitative estimate of drug-likeness (QED) is 0.174. The third-order valence-corrected chi connectivity index (χ3v) is 10.4. The molecule has 8 aromatic carbocycles. The van der Waals surface area contributed by atoms with E-state index in [-0.39, 0.29) is 0 Å². The second kappa shape index (κ2) is 11.7. The molecule has 0 aliphatic rings. The molecule has 0 amide bonds. The van der Waals surface area contributed by atoms with Gasteiger partial charge in [0, 0.05) is 45.2 Å². The second-order valence-corrected chi connectivity index (χ2v) is 13.4. The summed E-state index contributed by atoms with van der Waals surface area (Å²) in [5, 5.41) is 11.5. The third kappa shape index (κ3) is 4.79. The highest BCUT2D eigenvalue weighted by molar-refractivity contribution is 6.18. The molecule has 11 rings (SSSR count). The zero-order chi connectivity index (χ0) is 34.9. The lowest BCUT2D eigenvalue weighted by Gasteiger charge is -2.12. The predicted molar refractivity (Wildman–Crippen MR) is 217 cm³/mol. The molecule has 0 aliphatic carbocycles. The molecule has 0 fully saturated rings. The minimum atomic E-state index is 0.627. The van der Waals surface area contributed by atoms with E-state index in [0.29, 0.717) is 17.5 Å². The average molecular weight is 677 g/mol. The predicted octanol–water partition coefficient (Wildman–Crippen LogP) is 12.4. The summed E-state index contributed by atoms with van der Waals surface area (Å²) in [5.74, 6) is 1.89. The average Bonchev–Trinajstić information content (AvgIpc) is 3.62. The molecule has 3 heterocycles. The summed E-state index contributed by atoms with van der Waals surface area (Å²) in [4.78, 5) is 19.6.